The van der Waals surface area contributed by atoms with Crippen molar-refractivity contribution in [3.05, 3.63) is 69.2 Å². The van der Waals surface area contributed by atoms with E-state index in [-0.39, 0.29) is 11.6 Å². The fourth-order valence-electron chi connectivity index (χ4n) is 2.45. The van der Waals surface area contributed by atoms with E-state index >= 15 is 0 Å². The molecule has 0 spiro atoms. The molecule has 0 radical (unpaired) electrons. The second-order valence-electron chi connectivity index (χ2n) is 5.07. The number of benzene rings is 2. The van der Waals surface area contributed by atoms with Crippen molar-refractivity contribution in [1.82, 2.24) is 9.55 Å². The van der Waals surface area contributed by atoms with Crippen LogP contribution < -0.4 is 10.3 Å². The van der Waals surface area contributed by atoms with E-state index in [2.05, 4.69) is 20.9 Å². The van der Waals surface area contributed by atoms with Gasteiger partial charge in [0.25, 0.3) is 5.56 Å². The van der Waals surface area contributed by atoms with Gasteiger partial charge in [0.05, 0.1) is 30.4 Å². The lowest BCUT2D eigenvalue weighted by Crippen LogP contribution is -2.24. The maximum atomic E-state index is 12.7. The summed E-state index contributed by atoms with van der Waals surface area (Å²) in [6, 6.07) is 13.1. The molecule has 112 valence electrons. The van der Waals surface area contributed by atoms with Gasteiger partial charge in [0.15, 0.2) is 0 Å². The first kappa shape index (κ1) is 14.8. The molecule has 0 aliphatic rings. The Labute approximate surface area is 136 Å². The molecule has 5 heteroatoms. The molecule has 0 aliphatic heterocycles. The van der Waals surface area contributed by atoms with Crippen LogP contribution in [0, 0.1) is 0 Å². The van der Waals surface area contributed by atoms with Gasteiger partial charge in [-0.3, -0.25) is 9.36 Å². The molecule has 0 fully saturated rings. The molecule has 1 atom stereocenters. The van der Waals surface area contributed by atoms with Gasteiger partial charge in [-0.25, -0.2) is 4.98 Å². The number of methoxy groups -OCH3 is 1. The van der Waals surface area contributed by atoms with Gasteiger partial charge in [0.2, 0.25) is 0 Å². The van der Waals surface area contributed by atoms with Crippen molar-refractivity contribution in [3.63, 3.8) is 0 Å². The van der Waals surface area contributed by atoms with Gasteiger partial charge >= 0.3 is 0 Å². The van der Waals surface area contributed by atoms with Crippen molar-refractivity contribution in [2.75, 3.05) is 7.11 Å². The molecule has 0 aliphatic carbocycles. The van der Waals surface area contributed by atoms with Crippen LogP contribution in [0.4, 0.5) is 0 Å². The van der Waals surface area contributed by atoms with Crippen LogP contribution in [-0.4, -0.2) is 16.7 Å². The van der Waals surface area contributed by atoms with Crippen molar-refractivity contribution < 1.29 is 4.74 Å². The summed E-state index contributed by atoms with van der Waals surface area (Å²) < 4.78 is 7.76. The topological polar surface area (TPSA) is 44.1 Å². The quantitative estimate of drug-likeness (QED) is 0.715. The molecular formula is C17H15BrN2O2. The number of hydrogen-bond donors (Lipinski definition) is 0. The van der Waals surface area contributed by atoms with E-state index < -0.39 is 0 Å². The number of hydrogen-bond acceptors (Lipinski definition) is 3. The lowest BCUT2D eigenvalue weighted by Gasteiger charge is -2.16. The third kappa shape index (κ3) is 2.64. The standard InChI is InChI=1S/C17H15BrN2O2/c1-11(12-4-3-5-14(8-12)22-2)20-10-19-16-7-6-13(18)9-15(16)17(20)21/h3-11H,1-2H3/t11-/m0/s1. The fraction of sp³-hybridized carbons (Fsp3) is 0.176. The summed E-state index contributed by atoms with van der Waals surface area (Å²) in [6.07, 6.45) is 1.60. The van der Waals surface area contributed by atoms with Crippen molar-refractivity contribution >= 4 is 26.8 Å². The van der Waals surface area contributed by atoms with Crippen LogP contribution in [0.3, 0.4) is 0 Å². The highest BCUT2D eigenvalue weighted by atomic mass is 79.9. The molecule has 2 aromatic carbocycles. The highest BCUT2D eigenvalue weighted by molar-refractivity contribution is 9.10. The Morgan fingerprint density at radius 2 is 2.05 bits per heavy atom. The number of halogens is 1. The zero-order valence-electron chi connectivity index (χ0n) is 12.3. The Bertz CT molecular complexity index is 889. The molecule has 1 heterocycles. The molecule has 4 nitrogen and oxygen atoms in total. The molecule has 0 bridgehead atoms. The van der Waals surface area contributed by atoms with E-state index in [0.717, 1.165) is 15.8 Å². The normalized spacial score (nSPS) is 12.3. The van der Waals surface area contributed by atoms with Gasteiger partial charge in [-0.1, -0.05) is 28.1 Å². The summed E-state index contributed by atoms with van der Waals surface area (Å²) >= 11 is 3.40. The molecule has 0 saturated heterocycles. The number of fused-ring (bicyclic) bond motifs is 1. The molecule has 3 aromatic rings. The molecule has 0 N–H and O–H groups in total. The Balaban J connectivity index is 2.12. The first-order valence-electron chi connectivity index (χ1n) is 6.90. The summed E-state index contributed by atoms with van der Waals surface area (Å²) in [5.74, 6) is 0.772. The summed E-state index contributed by atoms with van der Waals surface area (Å²) in [5.41, 5.74) is 1.64. The number of aromatic nitrogens is 2. The molecule has 22 heavy (non-hydrogen) atoms. The minimum absolute atomic E-state index is 0.0541. The maximum Gasteiger partial charge on any atom is 0.261 e. The predicted molar refractivity (Wildman–Crippen MR) is 90.5 cm³/mol. The summed E-state index contributed by atoms with van der Waals surface area (Å²) in [7, 11) is 1.63. The number of rotatable bonds is 3. The second kappa shape index (κ2) is 5.93. The molecule has 3 rings (SSSR count). The van der Waals surface area contributed by atoms with Crippen LogP contribution in [0.5, 0.6) is 5.75 Å². The van der Waals surface area contributed by atoms with E-state index in [1.807, 2.05) is 43.3 Å². The van der Waals surface area contributed by atoms with Crippen LogP contribution >= 0.6 is 15.9 Å². The third-order valence-electron chi connectivity index (χ3n) is 3.74. The molecule has 0 saturated carbocycles. The lowest BCUT2D eigenvalue weighted by atomic mass is 10.1. The highest BCUT2D eigenvalue weighted by Gasteiger charge is 2.13. The van der Waals surface area contributed by atoms with Crippen LogP contribution in [0.1, 0.15) is 18.5 Å². The Hall–Kier alpha value is -2.14. The zero-order valence-corrected chi connectivity index (χ0v) is 13.9. The van der Waals surface area contributed by atoms with Crippen molar-refractivity contribution in [1.29, 1.82) is 0 Å². The van der Waals surface area contributed by atoms with Gasteiger partial charge < -0.3 is 4.74 Å². The highest BCUT2D eigenvalue weighted by Crippen LogP contribution is 2.22. The average Bonchev–Trinajstić information content (AvgIpc) is 2.55. The largest absolute Gasteiger partial charge is 0.497 e. The van der Waals surface area contributed by atoms with E-state index in [4.69, 9.17) is 4.74 Å². The lowest BCUT2D eigenvalue weighted by molar-refractivity contribution is 0.413. The van der Waals surface area contributed by atoms with Crippen molar-refractivity contribution in [2.45, 2.75) is 13.0 Å². The van der Waals surface area contributed by atoms with E-state index in [1.54, 1.807) is 24.1 Å². The molecule has 1 aromatic heterocycles. The second-order valence-corrected chi connectivity index (χ2v) is 5.99. The number of ether oxygens (including phenoxy) is 1. The summed E-state index contributed by atoms with van der Waals surface area (Å²) in [4.78, 5) is 17.1. The summed E-state index contributed by atoms with van der Waals surface area (Å²) in [5, 5.41) is 0.603. The Morgan fingerprint density at radius 1 is 1.23 bits per heavy atom. The minimum atomic E-state index is -0.126. The van der Waals surface area contributed by atoms with E-state index in [9.17, 15) is 4.79 Å². The SMILES string of the molecule is COc1cccc([C@H](C)n2cnc3ccc(Br)cc3c2=O)c1. The van der Waals surface area contributed by atoms with Crippen LogP contribution in [0.2, 0.25) is 0 Å². The van der Waals surface area contributed by atoms with Gasteiger partial charge in [0.1, 0.15) is 5.75 Å². The van der Waals surface area contributed by atoms with Crippen molar-refractivity contribution in [3.8, 4) is 5.75 Å². The summed E-state index contributed by atoms with van der Waals surface area (Å²) in [6.45, 7) is 1.97. The van der Waals surface area contributed by atoms with Gasteiger partial charge in [0, 0.05) is 4.47 Å². The van der Waals surface area contributed by atoms with Crippen molar-refractivity contribution in [2.24, 2.45) is 0 Å². The molecular weight excluding hydrogens is 344 g/mol. The first-order chi connectivity index (χ1) is 10.6. The van der Waals surface area contributed by atoms with E-state index in [0.29, 0.717) is 10.9 Å². The van der Waals surface area contributed by atoms with E-state index in [1.165, 1.54) is 0 Å². The average molecular weight is 359 g/mol. The Kier molecular flexibility index (Phi) is 3.98. The molecule has 0 unspecified atom stereocenters. The zero-order chi connectivity index (χ0) is 15.7. The van der Waals surface area contributed by atoms with Gasteiger partial charge in [-0.15, -0.1) is 0 Å². The smallest absolute Gasteiger partial charge is 0.261 e. The van der Waals surface area contributed by atoms with Gasteiger partial charge in [-0.2, -0.15) is 0 Å². The third-order valence-corrected chi connectivity index (χ3v) is 4.23. The van der Waals surface area contributed by atoms with Crippen LogP contribution in [0.15, 0.2) is 58.1 Å². The monoisotopic (exact) mass is 358 g/mol. The maximum absolute atomic E-state index is 12.7. The molecule has 0 amide bonds. The number of nitrogens with zero attached hydrogens (tertiary/aromatic N) is 2. The minimum Gasteiger partial charge on any atom is -0.497 e. The van der Waals surface area contributed by atoms with Crippen LogP contribution in [0.25, 0.3) is 10.9 Å². The first-order valence-corrected chi connectivity index (χ1v) is 7.70. The fourth-order valence-corrected chi connectivity index (χ4v) is 2.81. The Morgan fingerprint density at radius 3 is 2.82 bits per heavy atom. The van der Waals surface area contributed by atoms with Crippen LogP contribution in [-0.2, 0) is 0 Å². The van der Waals surface area contributed by atoms with Gasteiger partial charge in [-0.05, 0) is 42.8 Å². The predicted octanol–water partition coefficient (Wildman–Crippen LogP) is 3.78.